The van der Waals surface area contributed by atoms with Gasteiger partial charge in [0.25, 0.3) is 5.91 Å². The number of hydrogen-bond acceptors (Lipinski definition) is 5. The number of amides is 1. The topological polar surface area (TPSA) is 76.1 Å². The van der Waals surface area contributed by atoms with Crippen LogP contribution in [0, 0.1) is 6.92 Å². The van der Waals surface area contributed by atoms with E-state index in [2.05, 4.69) is 42.5 Å². The molecule has 1 saturated carbocycles. The number of benzene rings is 3. The van der Waals surface area contributed by atoms with Gasteiger partial charge in [-0.3, -0.25) is 4.79 Å². The molecule has 6 nitrogen and oxygen atoms in total. The molecule has 0 radical (unpaired) electrons. The van der Waals surface area contributed by atoms with Crippen molar-refractivity contribution in [3.8, 4) is 16.9 Å². The highest BCUT2D eigenvalue weighted by Gasteiger charge is 2.24. The van der Waals surface area contributed by atoms with Gasteiger partial charge in [-0.05, 0) is 68.5 Å². The molecular formula is C29H30N4O2. The average molecular weight is 467 g/mol. The SMILES string of the molecule is Cc1ccc(C(=O)NC2CC2)cc1-c1cc2cnc(NC(C)C)nc2cc1OCc1ccccc1. The van der Waals surface area contributed by atoms with E-state index in [9.17, 15) is 4.79 Å². The van der Waals surface area contributed by atoms with E-state index in [4.69, 9.17) is 9.72 Å². The van der Waals surface area contributed by atoms with Crippen molar-refractivity contribution < 1.29 is 9.53 Å². The number of fused-ring (bicyclic) bond motifs is 1. The lowest BCUT2D eigenvalue weighted by Crippen LogP contribution is -2.25. The fourth-order valence-electron chi connectivity index (χ4n) is 4.00. The number of nitrogens with one attached hydrogen (secondary N) is 2. The van der Waals surface area contributed by atoms with Crippen molar-refractivity contribution in [1.82, 2.24) is 15.3 Å². The van der Waals surface area contributed by atoms with Crippen LogP contribution in [0.2, 0.25) is 0 Å². The fraction of sp³-hybridized carbons (Fsp3) is 0.276. The number of anilines is 1. The summed E-state index contributed by atoms with van der Waals surface area (Å²) in [5, 5.41) is 7.26. The molecule has 178 valence electrons. The number of rotatable bonds is 8. The molecule has 0 spiro atoms. The predicted molar refractivity (Wildman–Crippen MR) is 140 cm³/mol. The predicted octanol–water partition coefficient (Wildman–Crippen LogP) is 5.90. The minimum Gasteiger partial charge on any atom is -0.488 e. The Labute approximate surface area is 205 Å². The third-order valence-electron chi connectivity index (χ3n) is 6.04. The Kier molecular flexibility index (Phi) is 6.36. The van der Waals surface area contributed by atoms with Crippen molar-refractivity contribution in [2.75, 3.05) is 5.32 Å². The van der Waals surface area contributed by atoms with Crippen LogP contribution >= 0.6 is 0 Å². The van der Waals surface area contributed by atoms with Crippen LogP contribution in [0.15, 0.2) is 66.9 Å². The van der Waals surface area contributed by atoms with Gasteiger partial charge >= 0.3 is 0 Å². The minimum absolute atomic E-state index is 0.0333. The Morgan fingerprint density at radius 2 is 1.86 bits per heavy atom. The van der Waals surface area contributed by atoms with E-state index in [1.807, 2.05) is 60.8 Å². The monoisotopic (exact) mass is 466 g/mol. The highest BCUT2D eigenvalue weighted by molar-refractivity contribution is 5.97. The first kappa shape index (κ1) is 22.8. The van der Waals surface area contributed by atoms with E-state index in [1.54, 1.807) is 0 Å². The Balaban J connectivity index is 1.57. The maximum atomic E-state index is 12.8. The smallest absolute Gasteiger partial charge is 0.251 e. The molecule has 1 amide bonds. The lowest BCUT2D eigenvalue weighted by atomic mass is 9.96. The van der Waals surface area contributed by atoms with Crippen molar-refractivity contribution in [3.05, 3.63) is 83.6 Å². The summed E-state index contributed by atoms with van der Waals surface area (Å²) in [6.07, 6.45) is 3.94. The quantitative estimate of drug-likeness (QED) is 0.338. The van der Waals surface area contributed by atoms with Crippen molar-refractivity contribution in [2.45, 2.75) is 52.3 Å². The van der Waals surface area contributed by atoms with Gasteiger partial charge in [-0.15, -0.1) is 0 Å². The molecule has 0 atom stereocenters. The third-order valence-corrected chi connectivity index (χ3v) is 6.04. The summed E-state index contributed by atoms with van der Waals surface area (Å²) >= 11 is 0. The molecule has 3 aromatic carbocycles. The number of aryl methyl sites for hydroxylation is 1. The molecule has 0 aliphatic heterocycles. The molecule has 0 saturated heterocycles. The summed E-state index contributed by atoms with van der Waals surface area (Å²) in [7, 11) is 0. The van der Waals surface area contributed by atoms with Crippen LogP contribution in [-0.2, 0) is 6.61 Å². The number of carbonyl (C=O) groups is 1. The summed E-state index contributed by atoms with van der Waals surface area (Å²) < 4.78 is 6.36. The van der Waals surface area contributed by atoms with E-state index in [-0.39, 0.29) is 11.9 Å². The highest BCUT2D eigenvalue weighted by atomic mass is 16.5. The first-order chi connectivity index (χ1) is 17.0. The zero-order valence-corrected chi connectivity index (χ0v) is 20.3. The first-order valence-corrected chi connectivity index (χ1v) is 12.1. The maximum absolute atomic E-state index is 12.8. The van der Waals surface area contributed by atoms with Crippen LogP contribution in [0.25, 0.3) is 22.0 Å². The second kappa shape index (κ2) is 9.74. The molecule has 35 heavy (non-hydrogen) atoms. The number of ether oxygens (including phenoxy) is 1. The normalized spacial score (nSPS) is 13.1. The van der Waals surface area contributed by atoms with Crippen LogP contribution in [0.5, 0.6) is 5.75 Å². The zero-order valence-electron chi connectivity index (χ0n) is 20.3. The lowest BCUT2D eigenvalue weighted by molar-refractivity contribution is 0.0951. The molecule has 0 unspecified atom stereocenters. The second-order valence-corrected chi connectivity index (χ2v) is 9.45. The summed E-state index contributed by atoms with van der Waals surface area (Å²) in [6, 6.07) is 20.5. The first-order valence-electron chi connectivity index (χ1n) is 12.1. The fourth-order valence-corrected chi connectivity index (χ4v) is 4.00. The van der Waals surface area contributed by atoms with Crippen LogP contribution in [0.1, 0.15) is 48.2 Å². The molecule has 1 aromatic heterocycles. The second-order valence-electron chi connectivity index (χ2n) is 9.45. The number of hydrogen-bond donors (Lipinski definition) is 2. The van der Waals surface area contributed by atoms with Gasteiger partial charge in [0.15, 0.2) is 0 Å². The van der Waals surface area contributed by atoms with Gasteiger partial charge in [-0.25, -0.2) is 9.97 Å². The molecule has 1 heterocycles. The largest absolute Gasteiger partial charge is 0.488 e. The summed E-state index contributed by atoms with van der Waals surface area (Å²) in [5.74, 6) is 1.27. The Hall–Kier alpha value is -3.93. The number of carbonyl (C=O) groups excluding carboxylic acids is 1. The number of nitrogens with zero attached hydrogens (tertiary/aromatic N) is 2. The Bertz CT molecular complexity index is 1360. The van der Waals surface area contributed by atoms with Gasteiger partial charge in [0.2, 0.25) is 5.95 Å². The third kappa shape index (κ3) is 5.43. The lowest BCUT2D eigenvalue weighted by Gasteiger charge is -2.16. The molecule has 4 aromatic rings. The minimum atomic E-state index is -0.0333. The molecule has 5 rings (SSSR count). The molecule has 6 heteroatoms. The van der Waals surface area contributed by atoms with Crippen molar-refractivity contribution in [3.63, 3.8) is 0 Å². The molecule has 1 aliphatic rings. The maximum Gasteiger partial charge on any atom is 0.251 e. The van der Waals surface area contributed by atoms with Crippen molar-refractivity contribution >= 4 is 22.8 Å². The summed E-state index contributed by atoms with van der Waals surface area (Å²) in [6.45, 7) is 6.60. The zero-order chi connectivity index (χ0) is 24.4. The van der Waals surface area contributed by atoms with Gasteiger partial charge < -0.3 is 15.4 Å². The van der Waals surface area contributed by atoms with Crippen LogP contribution in [0.4, 0.5) is 5.95 Å². The highest BCUT2D eigenvalue weighted by Crippen LogP contribution is 2.37. The Morgan fingerprint density at radius 1 is 1.06 bits per heavy atom. The van der Waals surface area contributed by atoms with Crippen LogP contribution in [0.3, 0.4) is 0 Å². The van der Waals surface area contributed by atoms with Crippen LogP contribution in [-0.4, -0.2) is 28.0 Å². The van der Waals surface area contributed by atoms with E-state index in [1.165, 1.54) is 0 Å². The molecule has 0 bridgehead atoms. The number of aromatic nitrogens is 2. The molecule has 1 fully saturated rings. The van der Waals surface area contributed by atoms with Crippen molar-refractivity contribution in [1.29, 1.82) is 0 Å². The van der Waals surface area contributed by atoms with Crippen LogP contribution < -0.4 is 15.4 Å². The van der Waals surface area contributed by atoms with Gasteiger partial charge in [-0.1, -0.05) is 36.4 Å². The van der Waals surface area contributed by atoms with E-state index >= 15 is 0 Å². The molecule has 2 N–H and O–H groups in total. The summed E-state index contributed by atoms with van der Waals surface area (Å²) in [5.41, 5.74) is 5.48. The average Bonchev–Trinajstić information content (AvgIpc) is 3.67. The van der Waals surface area contributed by atoms with Crippen molar-refractivity contribution in [2.24, 2.45) is 0 Å². The van der Waals surface area contributed by atoms with Gasteiger partial charge in [0.05, 0.1) is 5.52 Å². The molecule has 1 aliphatic carbocycles. The van der Waals surface area contributed by atoms with Gasteiger partial charge in [-0.2, -0.15) is 0 Å². The van der Waals surface area contributed by atoms with E-state index in [0.29, 0.717) is 24.2 Å². The summed E-state index contributed by atoms with van der Waals surface area (Å²) in [4.78, 5) is 21.9. The molecular weight excluding hydrogens is 436 g/mol. The standard InChI is InChI=1S/C29H30N4O2/c1-18(2)31-29-30-16-22-14-25(24-13-21(10-9-19(24)3)28(34)32-23-11-12-23)27(15-26(22)33-29)35-17-20-7-5-4-6-8-20/h4-10,13-16,18,23H,11-12,17H2,1-3H3,(H,32,34)(H,30,31,33). The van der Waals surface area contributed by atoms with Gasteiger partial charge in [0, 0.05) is 40.9 Å². The van der Waals surface area contributed by atoms with E-state index in [0.717, 1.165) is 51.7 Å². The van der Waals surface area contributed by atoms with Gasteiger partial charge in [0.1, 0.15) is 12.4 Å². The van der Waals surface area contributed by atoms with E-state index < -0.39 is 0 Å². The Morgan fingerprint density at radius 3 is 2.60 bits per heavy atom.